The first-order valence-corrected chi connectivity index (χ1v) is 4.66. The molecule has 1 aromatic carbocycles. The van der Waals surface area contributed by atoms with Gasteiger partial charge in [0, 0.05) is 5.92 Å². The lowest BCUT2D eigenvalue weighted by molar-refractivity contribution is 0.382. The normalized spacial score (nSPS) is 22.4. The fourth-order valence-corrected chi connectivity index (χ4v) is 1.66. The standard InChI is InChI=1S/C12H14O/c1-3-10-6-4-5-7-11(10)9(2)12-8-13-12/h3-7,9,12H,1,8H2,2H3. The van der Waals surface area contributed by atoms with E-state index in [4.69, 9.17) is 4.74 Å². The van der Waals surface area contributed by atoms with Gasteiger partial charge in [-0.3, -0.25) is 0 Å². The monoisotopic (exact) mass is 174 g/mol. The van der Waals surface area contributed by atoms with Gasteiger partial charge in [0.2, 0.25) is 0 Å². The second-order valence-corrected chi connectivity index (χ2v) is 3.49. The van der Waals surface area contributed by atoms with E-state index in [0.29, 0.717) is 12.0 Å². The summed E-state index contributed by atoms with van der Waals surface area (Å²) in [6.45, 7) is 6.93. The Morgan fingerprint density at radius 2 is 2.23 bits per heavy atom. The van der Waals surface area contributed by atoms with Crippen molar-refractivity contribution >= 4 is 6.08 Å². The van der Waals surface area contributed by atoms with Gasteiger partial charge in [-0.2, -0.15) is 0 Å². The van der Waals surface area contributed by atoms with E-state index in [1.807, 2.05) is 12.1 Å². The van der Waals surface area contributed by atoms with Gasteiger partial charge in [0.05, 0.1) is 12.7 Å². The first-order valence-electron chi connectivity index (χ1n) is 4.66. The highest BCUT2D eigenvalue weighted by Gasteiger charge is 2.30. The molecule has 1 nitrogen and oxygen atoms in total. The van der Waals surface area contributed by atoms with Gasteiger partial charge in [0.1, 0.15) is 0 Å². The minimum Gasteiger partial charge on any atom is -0.372 e. The molecule has 0 N–H and O–H groups in total. The molecule has 2 unspecified atom stereocenters. The summed E-state index contributed by atoms with van der Waals surface area (Å²) in [6, 6.07) is 8.37. The minimum atomic E-state index is 0.432. The van der Waals surface area contributed by atoms with Crippen LogP contribution in [0.3, 0.4) is 0 Å². The Balaban J connectivity index is 2.31. The Bertz CT molecular complexity index is 313. The van der Waals surface area contributed by atoms with Gasteiger partial charge < -0.3 is 4.74 Å². The Hall–Kier alpha value is -1.08. The Kier molecular flexibility index (Phi) is 2.19. The summed E-state index contributed by atoms with van der Waals surface area (Å²) in [5, 5.41) is 0. The zero-order valence-electron chi connectivity index (χ0n) is 7.86. The van der Waals surface area contributed by atoms with Crippen molar-refractivity contribution in [2.45, 2.75) is 18.9 Å². The summed E-state index contributed by atoms with van der Waals surface area (Å²) in [5.74, 6) is 0.495. The van der Waals surface area contributed by atoms with Gasteiger partial charge in [-0.15, -0.1) is 0 Å². The fourth-order valence-electron chi connectivity index (χ4n) is 1.66. The first-order chi connectivity index (χ1) is 6.33. The third kappa shape index (κ3) is 1.65. The van der Waals surface area contributed by atoms with Gasteiger partial charge >= 0.3 is 0 Å². The maximum atomic E-state index is 5.29. The van der Waals surface area contributed by atoms with Gasteiger partial charge in [-0.25, -0.2) is 0 Å². The summed E-state index contributed by atoms with van der Waals surface area (Å²) in [5.41, 5.74) is 2.57. The van der Waals surface area contributed by atoms with Crippen LogP contribution < -0.4 is 0 Å². The Morgan fingerprint density at radius 3 is 2.85 bits per heavy atom. The molecule has 68 valence electrons. The summed E-state index contributed by atoms with van der Waals surface area (Å²) in [6.07, 6.45) is 2.34. The van der Waals surface area contributed by atoms with E-state index in [-0.39, 0.29) is 0 Å². The van der Waals surface area contributed by atoms with Crippen LogP contribution in [-0.2, 0) is 4.74 Å². The summed E-state index contributed by atoms with van der Waals surface area (Å²) < 4.78 is 5.29. The van der Waals surface area contributed by atoms with Crippen molar-refractivity contribution in [2.24, 2.45) is 0 Å². The number of hydrogen-bond acceptors (Lipinski definition) is 1. The minimum absolute atomic E-state index is 0.432. The molecular formula is C12H14O. The molecule has 2 rings (SSSR count). The van der Waals surface area contributed by atoms with Crippen molar-refractivity contribution in [3.05, 3.63) is 42.0 Å². The number of rotatable bonds is 3. The quantitative estimate of drug-likeness (QED) is 0.642. The predicted octanol–water partition coefficient (Wildman–Crippen LogP) is 2.83. The number of benzene rings is 1. The topological polar surface area (TPSA) is 12.5 Å². The van der Waals surface area contributed by atoms with Crippen LogP contribution in [0.2, 0.25) is 0 Å². The predicted molar refractivity (Wildman–Crippen MR) is 54.7 cm³/mol. The zero-order valence-corrected chi connectivity index (χ0v) is 7.86. The van der Waals surface area contributed by atoms with Crippen LogP contribution in [0.4, 0.5) is 0 Å². The third-order valence-corrected chi connectivity index (χ3v) is 2.62. The first kappa shape index (κ1) is 8.52. The lowest BCUT2D eigenvalue weighted by Crippen LogP contribution is -2.02. The lowest BCUT2D eigenvalue weighted by Gasteiger charge is -2.11. The van der Waals surface area contributed by atoms with Crippen molar-refractivity contribution in [1.82, 2.24) is 0 Å². The zero-order chi connectivity index (χ0) is 9.26. The molecule has 2 atom stereocenters. The average Bonchev–Trinajstić information content (AvgIpc) is 3.00. The molecule has 0 amide bonds. The molecule has 1 aliphatic rings. The van der Waals surface area contributed by atoms with Crippen molar-refractivity contribution < 1.29 is 4.74 Å². The van der Waals surface area contributed by atoms with E-state index < -0.39 is 0 Å². The average molecular weight is 174 g/mol. The molecule has 0 saturated carbocycles. The van der Waals surface area contributed by atoms with Crippen LogP contribution >= 0.6 is 0 Å². The second kappa shape index (κ2) is 3.35. The largest absolute Gasteiger partial charge is 0.372 e. The number of hydrogen-bond donors (Lipinski definition) is 0. The van der Waals surface area contributed by atoms with Crippen molar-refractivity contribution in [3.63, 3.8) is 0 Å². The molecule has 0 radical (unpaired) electrons. The van der Waals surface area contributed by atoms with Crippen LogP contribution in [0, 0.1) is 0 Å². The molecule has 13 heavy (non-hydrogen) atoms. The van der Waals surface area contributed by atoms with Crippen LogP contribution in [0.5, 0.6) is 0 Å². The molecule has 0 aromatic heterocycles. The molecule has 1 aliphatic heterocycles. The molecule has 1 saturated heterocycles. The van der Waals surface area contributed by atoms with E-state index in [1.54, 1.807) is 0 Å². The van der Waals surface area contributed by atoms with Crippen LogP contribution in [0.15, 0.2) is 30.8 Å². The smallest absolute Gasteiger partial charge is 0.0875 e. The van der Waals surface area contributed by atoms with E-state index >= 15 is 0 Å². The molecule has 0 bridgehead atoms. The van der Waals surface area contributed by atoms with E-state index in [0.717, 1.165) is 6.61 Å². The highest BCUT2D eigenvalue weighted by molar-refractivity contribution is 5.53. The van der Waals surface area contributed by atoms with Crippen LogP contribution in [0.1, 0.15) is 24.0 Å². The van der Waals surface area contributed by atoms with Gasteiger partial charge in [0.15, 0.2) is 0 Å². The van der Waals surface area contributed by atoms with Crippen LogP contribution in [0.25, 0.3) is 6.08 Å². The molecule has 1 fully saturated rings. The van der Waals surface area contributed by atoms with E-state index in [2.05, 4.69) is 31.7 Å². The molecule has 0 spiro atoms. The van der Waals surface area contributed by atoms with Gasteiger partial charge in [-0.05, 0) is 11.1 Å². The van der Waals surface area contributed by atoms with Crippen molar-refractivity contribution in [1.29, 1.82) is 0 Å². The van der Waals surface area contributed by atoms with Gasteiger partial charge in [0.25, 0.3) is 0 Å². The van der Waals surface area contributed by atoms with Gasteiger partial charge in [-0.1, -0.05) is 43.8 Å². The van der Waals surface area contributed by atoms with Crippen LogP contribution in [-0.4, -0.2) is 12.7 Å². The van der Waals surface area contributed by atoms with Crippen molar-refractivity contribution in [3.8, 4) is 0 Å². The van der Waals surface area contributed by atoms with Crippen molar-refractivity contribution in [2.75, 3.05) is 6.61 Å². The number of ether oxygens (including phenoxy) is 1. The Morgan fingerprint density at radius 1 is 1.54 bits per heavy atom. The highest BCUT2D eigenvalue weighted by atomic mass is 16.6. The molecule has 0 aliphatic carbocycles. The summed E-state index contributed by atoms with van der Waals surface area (Å²) in [4.78, 5) is 0. The lowest BCUT2D eigenvalue weighted by atomic mass is 9.93. The maximum absolute atomic E-state index is 5.29. The third-order valence-electron chi connectivity index (χ3n) is 2.62. The SMILES string of the molecule is C=Cc1ccccc1C(C)C1CO1. The molecule has 1 heterocycles. The second-order valence-electron chi connectivity index (χ2n) is 3.49. The fraction of sp³-hybridized carbons (Fsp3) is 0.333. The molecule has 1 aromatic rings. The molecule has 1 heteroatoms. The van der Waals surface area contributed by atoms with E-state index in [1.165, 1.54) is 11.1 Å². The van der Waals surface area contributed by atoms with E-state index in [9.17, 15) is 0 Å². The summed E-state index contributed by atoms with van der Waals surface area (Å²) >= 11 is 0. The number of epoxide rings is 1. The highest BCUT2D eigenvalue weighted by Crippen LogP contribution is 2.31. The molecular weight excluding hydrogens is 160 g/mol. The Labute approximate surface area is 79.0 Å². The summed E-state index contributed by atoms with van der Waals surface area (Å²) in [7, 11) is 0. The maximum Gasteiger partial charge on any atom is 0.0875 e.